The van der Waals surface area contributed by atoms with Crippen molar-refractivity contribution >= 4 is 27.5 Å². The van der Waals surface area contributed by atoms with Crippen LogP contribution in [0.3, 0.4) is 0 Å². The van der Waals surface area contributed by atoms with Gasteiger partial charge in [-0.05, 0) is 55.3 Å². The third kappa shape index (κ3) is 6.80. The number of hydrogen-bond acceptors (Lipinski definition) is 4. The van der Waals surface area contributed by atoms with Crippen LogP contribution in [0.1, 0.15) is 24.5 Å². The fourth-order valence-corrected chi connectivity index (χ4v) is 2.99. The second kappa shape index (κ2) is 11.4. The zero-order valence-corrected chi connectivity index (χ0v) is 17.5. The number of ether oxygens (including phenoxy) is 3. The molecule has 0 aromatic heterocycles. The molecular formula is C20H25BrClNO3. The van der Waals surface area contributed by atoms with Crippen molar-refractivity contribution in [2.45, 2.75) is 26.5 Å². The molecule has 142 valence electrons. The van der Waals surface area contributed by atoms with E-state index in [1.54, 1.807) is 7.11 Å². The normalized spacial score (nSPS) is 10.8. The summed E-state index contributed by atoms with van der Waals surface area (Å²) >= 11 is 9.56. The van der Waals surface area contributed by atoms with Gasteiger partial charge in [0.05, 0.1) is 6.61 Å². The van der Waals surface area contributed by atoms with Crippen molar-refractivity contribution in [3.63, 3.8) is 0 Å². The van der Waals surface area contributed by atoms with E-state index in [1.807, 2.05) is 43.3 Å². The van der Waals surface area contributed by atoms with E-state index in [0.29, 0.717) is 18.2 Å². The highest BCUT2D eigenvalue weighted by Gasteiger charge is 2.11. The van der Waals surface area contributed by atoms with E-state index < -0.39 is 0 Å². The maximum atomic E-state index is 5.97. The largest absolute Gasteiger partial charge is 0.490 e. The number of benzene rings is 2. The van der Waals surface area contributed by atoms with Gasteiger partial charge in [-0.15, -0.1) is 0 Å². The summed E-state index contributed by atoms with van der Waals surface area (Å²) in [4.78, 5) is 0. The summed E-state index contributed by atoms with van der Waals surface area (Å²) in [5.74, 6) is 1.47. The molecule has 0 aliphatic rings. The first kappa shape index (κ1) is 21.0. The van der Waals surface area contributed by atoms with Gasteiger partial charge in [0.1, 0.15) is 6.61 Å². The van der Waals surface area contributed by atoms with E-state index in [0.717, 1.165) is 53.2 Å². The molecule has 0 radical (unpaired) electrons. The molecule has 26 heavy (non-hydrogen) atoms. The Bertz CT molecular complexity index is 680. The van der Waals surface area contributed by atoms with Gasteiger partial charge in [-0.1, -0.05) is 39.7 Å². The molecule has 0 amide bonds. The average Bonchev–Trinajstić information content (AvgIpc) is 2.64. The molecule has 0 aliphatic heterocycles. The molecule has 0 bridgehead atoms. The SMILES string of the molecule is CCOc1cc(CNCCCOC)c(Br)cc1OCc1ccc(Cl)cc1. The molecule has 0 heterocycles. The van der Waals surface area contributed by atoms with Crippen LogP contribution in [0.4, 0.5) is 0 Å². The maximum Gasteiger partial charge on any atom is 0.162 e. The lowest BCUT2D eigenvalue weighted by molar-refractivity contribution is 0.194. The smallest absolute Gasteiger partial charge is 0.162 e. The third-order valence-corrected chi connectivity index (χ3v) is 4.73. The van der Waals surface area contributed by atoms with Crippen LogP contribution < -0.4 is 14.8 Å². The lowest BCUT2D eigenvalue weighted by Gasteiger charge is -2.15. The van der Waals surface area contributed by atoms with E-state index in [2.05, 4.69) is 21.2 Å². The minimum Gasteiger partial charge on any atom is -0.490 e. The van der Waals surface area contributed by atoms with Crippen molar-refractivity contribution in [2.24, 2.45) is 0 Å². The molecule has 0 spiro atoms. The minimum atomic E-state index is 0.457. The topological polar surface area (TPSA) is 39.7 Å². The van der Waals surface area contributed by atoms with Crippen LogP contribution >= 0.6 is 27.5 Å². The van der Waals surface area contributed by atoms with Gasteiger partial charge in [0.15, 0.2) is 11.5 Å². The third-order valence-electron chi connectivity index (χ3n) is 3.74. The van der Waals surface area contributed by atoms with Crippen molar-refractivity contribution in [2.75, 3.05) is 26.9 Å². The summed E-state index contributed by atoms with van der Waals surface area (Å²) in [6.07, 6.45) is 0.981. The Balaban J connectivity index is 2.03. The van der Waals surface area contributed by atoms with Crippen molar-refractivity contribution < 1.29 is 14.2 Å². The van der Waals surface area contributed by atoms with E-state index in [9.17, 15) is 0 Å². The molecule has 0 fully saturated rings. The Morgan fingerprint density at radius 2 is 1.81 bits per heavy atom. The standard InChI is InChI=1S/C20H25BrClNO3/c1-3-25-19-11-16(13-23-9-4-10-24-2)18(21)12-20(19)26-14-15-5-7-17(22)8-6-15/h5-8,11-12,23H,3-4,9-10,13-14H2,1-2H3. The molecule has 0 unspecified atom stereocenters. The molecule has 6 heteroatoms. The van der Waals surface area contributed by atoms with Gasteiger partial charge in [0.25, 0.3) is 0 Å². The van der Waals surface area contributed by atoms with E-state index >= 15 is 0 Å². The van der Waals surface area contributed by atoms with Gasteiger partial charge in [-0.3, -0.25) is 0 Å². The molecule has 1 N–H and O–H groups in total. The number of halogens is 2. The highest BCUT2D eigenvalue weighted by molar-refractivity contribution is 9.10. The second-order valence-corrected chi connectivity index (χ2v) is 7.05. The Morgan fingerprint density at radius 1 is 1.08 bits per heavy atom. The van der Waals surface area contributed by atoms with E-state index in [4.69, 9.17) is 25.8 Å². The van der Waals surface area contributed by atoms with Crippen LogP contribution in [0.25, 0.3) is 0 Å². The molecule has 0 atom stereocenters. The molecule has 4 nitrogen and oxygen atoms in total. The molecule has 0 saturated heterocycles. The van der Waals surface area contributed by atoms with Gasteiger partial charge in [-0.25, -0.2) is 0 Å². The first-order valence-corrected chi connectivity index (χ1v) is 9.83. The fourth-order valence-electron chi connectivity index (χ4n) is 2.40. The average molecular weight is 443 g/mol. The summed E-state index contributed by atoms with van der Waals surface area (Å²) < 4.78 is 17.8. The number of nitrogens with one attached hydrogen (secondary N) is 1. The fraction of sp³-hybridized carbons (Fsp3) is 0.400. The predicted octanol–water partition coefficient (Wildman–Crippen LogP) is 5.21. The monoisotopic (exact) mass is 441 g/mol. The van der Waals surface area contributed by atoms with Gasteiger partial charge in [0, 0.05) is 29.8 Å². The molecule has 2 aromatic carbocycles. The van der Waals surface area contributed by atoms with Crippen molar-refractivity contribution in [3.8, 4) is 11.5 Å². The summed E-state index contributed by atoms with van der Waals surface area (Å²) in [6.45, 7) is 5.42. The second-order valence-electron chi connectivity index (χ2n) is 5.76. The number of rotatable bonds is 11. The summed E-state index contributed by atoms with van der Waals surface area (Å²) in [6, 6.07) is 11.6. The number of hydrogen-bond donors (Lipinski definition) is 1. The summed E-state index contributed by atoms with van der Waals surface area (Å²) in [7, 11) is 1.72. The molecule has 2 aromatic rings. The Hall–Kier alpha value is -1.27. The van der Waals surface area contributed by atoms with Crippen molar-refractivity contribution in [3.05, 3.63) is 57.0 Å². The first-order chi connectivity index (χ1) is 12.6. The molecule has 0 saturated carbocycles. The Kier molecular flexibility index (Phi) is 9.26. The van der Waals surface area contributed by atoms with Crippen LogP contribution in [-0.4, -0.2) is 26.9 Å². The van der Waals surface area contributed by atoms with Crippen LogP contribution in [0.2, 0.25) is 5.02 Å². The van der Waals surface area contributed by atoms with Crippen LogP contribution in [0.5, 0.6) is 11.5 Å². The Labute approximate surface area is 168 Å². The quantitative estimate of drug-likeness (QED) is 0.485. The minimum absolute atomic E-state index is 0.457. The van der Waals surface area contributed by atoms with Gasteiger partial charge >= 0.3 is 0 Å². The molecular weight excluding hydrogens is 418 g/mol. The van der Waals surface area contributed by atoms with Crippen LogP contribution in [-0.2, 0) is 17.9 Å². The lowest BCUT2D eigenvalue weighted by Crippen LogP contribution is -2.16. The highest BCUT2D eigenvalue weighted by atomic mass is 79.9. The van der Waals surface area contributed by atoms with Crippen LogP contribution in [0, 0.1) is 0 Å². The molecule has 2 rings (SSSR count). The van der Waals surface area contributed by atoms with Crippen molar-refractivity contribution in [1.82, 2.24) is 5.32 Å². The highest BCUT2D eigenvalue weighted by Crippen LogP contribution is 2.34. The van der Waals surface area contributed by atoms with Crippen LogP contribution in [0.15, 0.2) is 40.9 Å². The lowest BCUT2D eigenvalue weighted by atomic mass is 10.2. The zero-order valence-electron chi connectivity index (χ0n) is 15.2. The maximum absolute atomic E-state index is 5.97. The number of methoxy groups -OCH3 is 1. The molecule has 0 aliphatic carbocycles. The summed E-state index contributed by atoms with van der Waals surface area (Å²) in [5, 5.41) is 4.13. The first-order valence-electron chi connectivity index (χ1n) is 8.66. The van der Waals surface area contributed by atoms with E-state index in [-0.39, 0.29) is 0 Å². The van der Waals surface area contributed by atoms with Gasteiger partial charge < -0.3 is 19.5 Å². The van der Waals surface area contributed by atoms with E-state index in [1.165, 1.54) is 0 Å². The van der Waals surface area contributed by atoms with Crippen molar-refractivity contribution in [1.29, 1.82) is 0 Å². The van der Waals surface area contributed by atoms with Gasteiger partial charge in [-0.2, -0.15) is 0 Å². The summed E-state index contributed by atoms with van der Waals surface area (Å²) in [5.41, 5.74) is 2.18. The predicted molar refractivity (Wildman–Crippen MR) is 109 cm³/mol. The van der Waals surface area contributed by atoms with Gasteiger partial charge in [0.2, 0.25) is 0 Å². The Morgan fingerprint density at radius 3 is 2.50 bits per heavy atom. The zero-order chi connectivity index (χ0) is 18.8.